The molecule has 31 heavy (non-hydrogen) atoms. The number of rotatable bonds is 6. The van der Waals surface area contributed by atoms with Gasteiger partial charge < -0.3 is 24.6 Å². The van der Waals surface area contributed by atoms with Gasteiger partial charge in [0, 0.05) is 32.2 Å². The van der Waals surface area contributed by atoms with Crippen molar-refractivity contribution >= 4 is 17.4 Å². The number of hydrogen-bond acceptors (Lipinski definition) is 6. The number of phenols is 1. The molecule has 0 radical (unpaired) electrons. The third-order valence-electron chi connectivity index (χ3n) is 5.64. The highest BCUT2D eigenvalue weighted by atomic mass is 16.5. The van der Waals surface area contributed by atoms with Crippen LogP contribution in [0.1, 0.15) is 36.1 Å². The van der Waals surface area contributed by atoms with Gasteiger partial charge in [-0.15, -0.1) is 0 Å². The maximum absolute atomic E-state index is 13.0. The first-order valence-electron chi connectivity index (χ1n) is 10.3. The molecular formula is C24H25NO6. The molecule has 2 aromatic rings. The molecule has 2 aromatic carbocycles. The summed E-state index contributed by atoms with van der Waals surface area (Å²) >= 11 is 0. The molecule has 0 aliphatic carbocycles. The SMILES string of the molecule is COCCCN1C(=O)C(=O)/C(=C(/O)c2ccc3c(c2)C[C@@H](C)O3)[C@H]1c1cccc(O)c1. The van der Waals surface area contributed by atoms with Crippen LogP contribution in [0.5, 0.6) is 11.5 Å². The summed E-state index contributed by atoms with van der Waals surface area (Å²) in [5.74, 6) is -0.877. The molecule has 1 amide bonds. The number of phenolic OH excluding ortho intramolecular Hbond substituents is 1. The Morgan fingerprint density at radius 1 is 1.23 bits per heavy atom. The molecule has 0 saturated carbocycles. The lowest BCUT2D eigenvalue weighted by Crippen LogP contribution is -2.31. The van der Waals surface area contributed by atoms with Crippen LogP contribution >= 0.6 is 0 Å². The first-order chi connectivity index (χ1) is 14.9. The minimum atomic E-state index is -0.799. The van der Waals surface area contributed by atoms with Crippen molar-refractivity contribution in [2.24, 2.45) is 0 Å². The van der Waals surface area contributed by atoms with E-state index in [1.807, 2.05) is 6.92 Å². The van der Waals surface area contributed by atoms with E-state index in [0.29, 0.717) is 30.6 Å². The Hall–Kier alpha value is -3.32. The Morgan fingerprint density at radius 3 is 2.77 bits per heavy atom. The fourth-order valence-electron chi connectivity index (χ4n) is 4.26. The zero-order valence-corrected chi connectivity index (χ0v) is 17.5. The lowest BCUT2D eigenvalue weighted by Gasteiger charge is -2.25. The van der Waals surface area contributed by atoms with Gasteiger partial charge in [-0.25, -0.2) is 0 Å². The smallest absolute Gasteiger partial charge is 0.295 e. The maximum atomic E-state index is 13.0. The number of ether oxygens (including phenoxy) is 2. The zero-order chi connectivity index (χ0) is 22.1. The summed E-state index contributed by atoms with van der Waals surface area (Å²) in [6, 6.07) is 10.8. The van der Waals surface area contributed by atoms with Crippen LogP contribution in [0.25, 0.3) is 5.76 Å². The second-order valence-electron chi connectivity index (χ2n) is 7.89. The Morgan fingerprint density at radius 2 is 2.03 bits per heavy atom. The van der Waals surface area contributed by atoms with Gasteiger partial charge in [-0.05, 0) is 54.8 Å². The molecule has 0 aromatic heterocycles. The second kappa shape index (κ2) is 8.43. The summed E-state index contributed by atoms with van der Waals surface area (Å²) in [5, 5.41) is 21.1. The van der Waals surface area contributed by atoms with E-state index in [2.05, 4.69) is 0 Å². The Kier molecular flexibility index (Phi) is 5.69. The molecule has 1 fully saturated rings. The van der Waals surface area contributed by atoms with E-state index in [0.717, 1.165) is 11.3 Å². The van der Waals surface area contributed by atoms with E-state index in [1.165, 1.54) is 17.0 Å². The van der Waals surface area contributed by atoms with Gasteiger partial charge in [0.25, 0.3) is 11.7 Å². The lowest BCUT2D eigenvalue weighted by atomic mass is 9.94. The third kappa shape index (κ3) is 3.88. The minimum Gasteiger partial charge on any atom is -0.508 e. The van der Waals surface area contributed by atoms with Crippen LogP contribution < -0.4 is 4.74 Å². The van der Waals surface area contributed by atoms with Gasteiger partial charge in [-0.2, -0.15) is 0 Å². The summed E-state index contributed by atoms with van der Waals surface area (Å²) < 4.78 is 10.8. The standard InChI is InChI=1S/C24H25NO6/c1-14-11-17-12-16(7-8-19(17)31-14)22(27)20-21(15-5-3-6-18(26)13-15)25(9-4-10-30-2)24(29)23(20)28/h3,5-8,12-14,21,26-27H,4,9-11H2,1-2H3/b22-20+/t14-,21-/m1/s1. The third-order valence-corrected chi connectivity index (χ3v) is 5.64. The quantitative estimate of drug-likeness (QED) is 0.321. The highest BCUT2D eigenvalue weighted by molar-refractivity contribution is 6.46. The number of fused-ring (bicyclic) bond motifs is 1. The highest BCUT2D eigenvalue weighted by Crippen LogP contribution is 2.41. The average Bonchev–Trinajstić information content (AvgIpc) is 3.24. The van der Waals surface area contributed by atoms with E-state index < -0.39 is 17.7 Å². The predicted octanol–water partition coefficient (Wildman–Crippen LogP) is 3.17. The molecule has 2 aliphatic rings. The van der Waals surface area contributed by atoms with Crippen LogP contribution in [0.4, 0.5) is 0 Å². The molecular weight excluding hydrogens is 398 g/mol. The van der Waals surface area contributed by atoms with Gasteiger partial charge in [0.05, 0.1) is 11.6 Å². The van der Waals surface area contributed by atoms with Crippen LogP contribution in [0.2, 0.25) is 0 Å². The van der Waals surface area contributed by atoms with Gasteiger partial charge in [0.2, 0.25) is 0 Å². The van der Waals surface area contributed by atoms with Crippen molar-refractivity contribution in [3.8, 4) is 11.5 Å². The number of amides is 1. The van der Waals surface area contributed by atoms with E-state index in [9.17, 15) is 19.8 Å². The van der Waals surface area contributed by atoms with Crippen molar-refractivity contribution in [2.45, 2.75) is 31.9 Å². The maximum Gasteiger partial charge on any atom is 0.295 e. The Bertz CT molecular complexity index is 1060. The van der Waals surface area contributed by atoms with E-state index in [-0.39, 0.29) is 29.7 Å². The normalized spacial score (nSPS) is 21.9. The van der Waals surface area contributed by atoms with Gasteiger partial charge in [0.15, 0.2) is 0 Å². The van der Waals surface area contributed by atoms with Crippen molar-refractivity contribution in [3.63, 3.8) is 0 Å². The summed E-state index contributed by atoms with van der Waals surface area (Å²) in [4.78, 5) is 27.3. The first kappa shape index (κ1) is 20.9. The molecule has 162 valence electrons. The summed E-state index contributed by atoms with van der Waals surface area (Å²) in [7, 11) is 1.57. The summed E-state index contributed by atoms with van der Waals surface area (Å²) in [6.45, 7) is 2.68. The molecule has 7 heteroatoms. The highest BCUT2D eigenvalue weighted by Gasteiger charge is 2.46. The van der Waals surface area contributed by atoms with Crippen LogP contribution in [0.3, 0.4) is 0 Å². The van der Waals surface area contributed by atoms with Gasteiger partial charge in [-0.3, -0.25) is 9.59 Å². The number of nitrogens with zero attached hydrogens (tertiary/aromatic N) is 1. The average molecular weight is 423 g/mol. The largest absolute Gasteiger partial charge is 0.508 e. The molecule has 0 spiro atoms. The van der Waals surface area contributed by atoms with Crippen molar-refractivity contribution in [1.82, 2.24) is 4.90 Å². The predicted molar refractivity (Wildman–Crippen MR) is 114 cm³/mol. The molecule has 0 unspecified atom stereocenters. The molecule has 1 saturated heterocycles. The number of benzene rings is 2. The molecule has 2 N–H and O–H groups in total. The Balaban J connectivity index is 1.80. The van der Waals surface area contributed by atoms with Crippen molar-refractivity contribution in [3.05, 3.63) is 64.7 Å². The number of carbonyl (C=O) groups is 2. The van der Waals surface area contributed by atoms with E-state index >= 15 is 0 Å². The number of ketones is 1. The van der Waals surface area contributed by atoms with Crippen LogP contribution in [-0.4, -0.2) is 53.2 Å². The minimum absolute atomic E-state index is 0.0138. The van der Waals surface area contributed by atoms with Gasteiger partial charge >= 0.3 is 0 Å². The summed E-state index contributed by atoms with van der Waals surface area (Å²) in [6.07, 6.45) is 1.29. The molecule has 7 nitrogen and oxygen atoms in total. The number of hydrogen-bond donors (Lipinski definition) is 2. The topological polar surface area (TPSA) is 96.3 Å². The monoisotopic (exact) mass is 423 g/mol. The summed E-state index contributed by atoms with van der Waals surface area (Å²) in [5.41, 5.74) is 1.97. The van der Waals surface area contributed by atoms with Gasteiger partial charge in [-0.1, -0.05) is 12.1 Å². The zero-order valence-electron chi connectivity index (χ0n) is 17.5. The van der Waals surface area contributed by atoms with Crippen LogP contribution in [-0.2, 0) is 20.7 Å². The number of carbonyl (C=O) groups excluding carboxylic acids is 2. The fraction of sp³-hybridized carbons (Fsp3) is 0.333. The van der Waals surface area contributed by atoms with E-state index in [1.54, 1.807) is 37.4 Å². The number of aromatic hydroxyl groups is 1. The fourth-order valence-corrected chi connectivity index (χ4v) is 4.26. The molecule has 2 atom stereocenters. The number of likely N-dealkylation sites (tertiary alicyclic amines) is 1. The number of methoxy groups -OCH3 is 1. The number of Topliss-reactive ketones (excluding diaryl/α,β-unsaturated/α-hetero) is 1. The number of aliphatic hydroxyl groups is 1. The second-order valence-corrected chi connectivity index (χ2v) is 7.89. The molecule has 4 rings (SSSR count). The lowest BCUT2D eigenvalue weighted by molar-refractivity contribution is -0.140. The Labute approximate surface area is 180 Å². The van der Waals surface area contributed by atoms with Crippen molar-refractivity contribution in [1.29, 1.82) is 0 Å². The van der Waals surface area contributed by atoms with Crippen LogP contribution in [0, 0.1) is 0 Å². The molecule has 2 heterocycles. The molecule has 2 aliphatic heterocycles. The van der Waals surface area contributed by atoms with Gasteiger partial charge in [0.1, 0.15) is 23.4 Å². The molecule has 0 bridgehead atoms. The van der Waals surface area contributed by atoms with Crippen molar-refractivity contribution < 1.29 is 29.3 Å². The first-order valence-corrected chi connectivity index (χ1v) is 10.3. The van der Waals surface area contributed by atoms with Crippen molar-refractivity contribution in [2.75, 3.05) is 20.3 Å². The van der Waals surface area contributed by atoms with E-state index in [4.69, 9.17) is 9.47 Å². The van der Waals surface area contributed by atoms with Crippen LogP contribution in [0.15, 0.2) is 48.0 Å². The number of aliphatic hydroxyl groups excluding tert-OH is 1.